The number of halogens is 1. The third kappa shape index (κ3) is 3.02. The van der Waals surface area contributed by atoms with Crippen LogP contribution in [0.1, 0.15) is 13.3 Å². The lowest BCUT2D eigenvalue weighted by Gasteiger charge is -2.07. The summed E-state index contributed by atoms with van der Waals surface area (Å²) in [5.41, 5.74) is 7.77. The fraction of sp³-hybridized carbons (Fsp3) is 0.385. The Kier molecular flexibility index (Phi) is 4.97. The molecule has 0 aliphatic rings. The normalized spacial score (nSPS) is 12.0. The van der Waals surface area contributed by atoms with Crippen LogP contribution in [0, 0.1) is 0 Å². The van der Waals surface area contributed by atoms with Gasteiger partial charge in [0.1, 0.15) is 0 Å². The molecule has 1 aromatic heterocycles. The number of carbonyl (C=O) groups is 1. The second-order valence-electron chi connectivity index (χ2n) is 4.83. The molecule has 3 N–H and O–H groups in total. The fourth-order valence-corrected chi connectivity index (χ4v) is 2.09. The second kappa shape index (κ2) is 6.11. The lowest BCUT2D eigenvalue weighted by Crippen LogP contribution is -2.23. The van der Waals surface area contributed by atoms with Crippen molar-refractivity contribution in [2.24, 2.45) is 19.8 Å². The van der Waals surface area contributed by atoms with Crippen LogP contribution in [0.4, 0.5) is 5.69 Å². The Bertz CT molecular complexity index is 687. The zero-order valence-corrected chi connectivity index (χ0v) is 12.5. The van der Waals surface area contributed by atoms with Gasteiger partial charge >= 0.3 is 5.69 Å². The highest BCUT2D eigenvalue weighted by molar-refractivity contribution is 5.93. The van der Waals surface area contributed by atoms with Crippen LogP contribution in [-0.4, -0.2) is 21.1 Å². The van der Waals surface area contributed by atoms with Gasteiger partial charge < -0.3 is 11.1 Å². The number of nitrogens with two attached hydrogens (primary N) is 1. The molecule has 2 aromatic rings. The smallest absolute Gasteiger partial charge is 0.327 e. The summed E-state index contributed by atoms with van der Waals surface area (Å²) in [4.78, 5) is 23.4. The number of aryl methyl sites for hydroxylation is 2. The molecule has 0 spiro atoms. The predicted molar refractivity (Wildman–Crippen MR) is 82.3 cm³/mol. The van der Waals surface area contributed by atoms with E-state index in [0.29, 0.717) is 5.69 Å². The Labute approximate surface area is 123 Å². The third-order valence-corrected chi connectivity index (χ3v) is 3.06. The fourth-order valence-electron chi connectivity index (χ4n) is 2.09. The van der Waals surface area contributed by atoms with Crippen LogP contribution in [0.15, 0.2) is 23.0 Å². The number of rotatable bonds is 3. The Balaban J connectivity index is 0.00000200. The number of carbonyl (C=O) groups excluding carboxylic acids is 1. The van der Waals surface area contributed by atoms with Crippen molar-refractivity contribution in [3.05, 3.63) is 28.7 Å². The maximum atomic E-state index is 11.8. The van der Waals surface area contributed by atoms with E-state index in [4.69, 9.17) is 5.73 Å². The molecule has 2 rings (SSSR count). The molecule has 0 bridgehead atoms. The minimum absolute atomic E-state index is 0. The van der Waals surface area contributed by atoms with Crippen LogP contribution < -0.4 is 16.7 Å². The summed E-state index contributed by atoms with van der Waals surface area (Å²) in [7, 11) is 3.43. The number of nitrogens with zero attached hydrogens (tertiary/aromatic N) is 2. The van der Waals surface area contributed by atoms with Crippen LogP contribution in [-0.2, 0) is 18.9 Å². The topological polar surface area (TPSA) is 82.1 Å². The van der Waals surface area contributed by atoms with Crippen molar-refractivity contribution in [1.29, 1.82) is 0 Å². The number of hydrogen-bond donors (Lipinski definition) is 2. The Morgan fingerprint density at radius 3 is 2.50 bits per heavy atom. The summed E-state index contributed by atoms with van der Waals surface area (Å²) < 4.78 is 3.12. The van der Waals surface area contributed by atoms with Crippen molar-refractivity contribution < 1.29 is 4.79 Å². The first-order valence-electron chi connectivity index (χ1n) is 6.11. The molecule has 7 heteroatoms. The third-order valence-electron chi connectivity index (χ3n) is 3.06. The molecular weight excluding hydrogens is 280 g/mol. The van der Waals surface area contributed by atoms with Crippen molar-refractivity contribution in [2.75, 3.05) is 5.32 Å². The molecule has 0 radical (unpaired) electrons. The van der Waals surface area contributed by atoms with Gasteiger partial charge in [0.15, 0.2) is 0 Å². The number of nitrogens with one attached hydrogen (secondary N) is 1. The molecule has 1 aromatic carbocycles. The van der Waals surface area contributed by atoms with E-state index in [1.807, 2.05) is 6.07 Å². The standard InChI is InChI=1S/C13H18N4O2.ClH/c1-8(14)6-12(18)15-9-4-5-10-11(7-9)17(3)13(19)16(10)2;/h4-5,7-8H,6,14H2,1-3H3,(H,15,18);1H. The zero-order valence-electron chi connectivity index (χ0n) is 11.7. The lowest BCUT2D eigenvalue weighted by molar-refractivity contribution is -0.116. The minimum atomic E-state index is -0.176. The quantitative estimate of drug-likeness (QED) is 0.886. The monoisotopic (exact) mass is 298 g/mol. The van der Waals surface area contributed by atoms with Gasteiger partial charge in [-0.1, -0.05) is 0 Å². The Morgan fingerprint density at radius 1 is 1.30 bits per heavy atom. The molecule has 0 aliphatic carbocycles. The summed E-state index contributed by atoms with van der Waals surface area (Å²) in [5, 5.41) is 2.78. The highest BCUT2D eigenvalue weighted by Gasteiger charge is 2.10. The first-order valence-corrected chi connectivity index (χ1v) is 6.11. The van der Waals surface area contributed by atoms with Crippen molar-refractivity contribution >= 4 is 35.0 Å². The summed E-state index contributed by atoms with van der Waals surface area (Å²) in [6.45, 7) is 1.78. The second-order valence-corrected chi connectivity index (χ2v) is 4.83. The molecule has 0 saturated carbocycles. The maximum absolute atomic E-state index is 11.8. The minimum Gasteiger partial charge on any atom is -0.327 e. The Morgan fingerprint density at radius 2 is 1.90 bits per heavy atom. The average Bonchev–Trinajstić information content (AvgIpc) is 2.53. The molecule has 1 atom stereocenters. The number of fused-ring (bicyclic) bond motifs is 1. The van der Waals surface area contributed by atoms with Gasteiger partial charge in [0, 0.05) is 32.2 Å². The highest BCUT2D eigenvalue weighted by atomic mass is 35.5. The number of aromatic nitrogens is 2. The van der Waals surface area contributed by atoms with Crippen molar-refractivity contribution in [2.45, 2.75) is 19.4 Å². The van der Waals surface area contributed by atoms with E-state index in [1.54, 1.807) is 42.3 Å². The van der Waals surface area contributed by atoms with Gasteiger partial charge in [-0.25, -0.2) is 4.79 Å². The molecule has 6 nitrogen and oxygen atoms in total. The first kappa shape index (κ1) is 16.3. The van der Waals surface area contributed by atoms with Crippen molar-refractivity contribution in [1.82, 2.24) is 9.13 Å². The number of anilines is 1. The molecular formula is C13H19ClN4O2. The van der Waals surface area contributed by atoms with Crippen LogP contribution >= 0.6 is 12.4 Å². The summed E-state index contributed by atoms with van der Waals surface area (Å²) in [6.07, 6.45) is 0.270. The summed E-state index contributed by atoms with van der Waals surface area (Å²) >= 11 is 0. The number of benzene rings is 1. The molecule has 0 saturated heterocycles. The van der Waals surface area contributed by atoms with E-state index >= 15 is 0 Å². The first-order chi connectivity index (χ1) is 8.90. The Hall–Kier alpha value is -1.79. The van der Waals surface area contributed by atoms with Crippen LogP contribution in [0.3, 0.4) is 0 Å². The van der Waals surface area contributed by atoms with E-state index in [9.17, 15) is 9.59 Å². The van der Waals surface area contributed by atoms with Gasteiger partial charge in [0.05, 0.1) is 11.0 Å². The molecule has 20 heavy (non-hydrogen) atoms. The van der Waals surface area contributed by atoms with Gasteiger partial charge in [-0.3, -0.25) is 13.9 Å². The molecule has 0 aliphatic heterocycles. The lowest BCUT2D eigenvalue weighted by atomic mass is 10.2. The van der Waals surface area contributed by atoms with Gasteiger partial charge in [0.2, 0.25) is 5.91 Å². The average molecular weight is 299 g/mol. The van der Waals surface area contributed by atoms with Crippen molar-refractivity contribution in [3.8, 4) is 0 Å². The van der Waals surface area contributed by atoms with E-state index in [-0.39, 0.29) is 36.5 Å². The number of imidazole rings is 1. The summed E-state index contributed by atoms with van der Waals surface area (Å²) in [6, 6.07) is 5.21. The van der Waals surface area contributed by atoms with Crippen LogP contribution in [0.2, 0.25) is 0 Å². The molecule has 1 heterocycles. The van der Waals surface area contributed by atoms with Crippen LogP contribution in [0.25, 0.3) is 11.0 Å². The zero-order chi connectivity index (χ0) is 14.2. The summed E-state index contributed by atoms with van der Waals surface area (Å²) in [5.74, 6) is -0.129. The molecule has 1 amide bonds. The predicted octanol–water partition coefficient (Wildman–Crippen LogP) is 0.975. The molecule has 110 valence electrons. The number of hydrogen-bond acceptors (Lipinski definition) is 3. The molecule has 1 unspecified atom stereocenters. The van der Waals surface area contributed by atoms with E-state index in [0.717, 1.165) is 11.0 Å². The van der Waals surface area contributed by atoms with E-state index in [2.05, 4.69) is 5.32 Å². The maximum Gasteiger partial charge on any atom is 0.328 e. The SMILES string of the molecule is CC(N)CC(=O)Nc1ccc2c(c1)n(C)c(=O)n2C.Cl. The van der Waals surface area contributed by atoms with Gasteiger partial charge in [-0.05, 0) is 25.1 Å². The van der Waals surface area contributed by atoms with Gasteiger partial charge in [0.25, 0.3) is 0 Å². The highest BCUT2D eigenvalue weighted by Crippen LogP contribution is 2.17. The van der Waals surface area contributed by atoms with Crippen molar-refractivity contribution in [3.63, 3.8) is 0 Å². The van der Waals surface area contributed by atoms with E-state index < -0.39 is 0 Å². The molecule has 0 fully saturated rings. The van der Waals surface area contributed by atoms with Gasteiger partial charge in [-0.2, -0.15) is 0 Å². The van der Waals surface area contributed by atoms with Crippen LogP contribution in [0.5, 0.6) is 0 Å². The largest absolute Gasteiger partial charge is 0.328 e. The van der Waals surface area contributed by atoms with Gasteiger partial charge in [-0.15, -0.1) is 12.4 Å². The number of amides is 1. The van der Waals surface area contributed by atoms with E-state index in [1.165, 1.54) is 0 Å².